The molecule has 0 bridgehead atoms. The van der Waals surface area contributed by atoms with Crippen molar-refractivity contribution >= 4 is 17.9 Å². The molecule has 5 rings (SSSR count). The zero-order valence-corrected chi connectivity index (χ0v) is 20.0. The highest BCUT2D eigenvalue weighted by atomic mass is 16.6. The zero-order valence-electron chi connectivity index (χ0n) is 20.0. The van der Waals surface area contributed by atoms with Gasteiger partial charge in [-0.15, -0.1) is 0 Å². The summed E-state index contributed by atoms with van der Waals surface area (Å²) in [6, 6.07) is 10.2. The molecule has 37 heavy (non-hydrogen) atoms. The maximum Gasteiger partial charge on any atom is 0.419 e. The monoisotopic (exact) mass is 499 g/mol. The molecule has 2 fully saturated rings. The Hall–Kier alpha value is -4.72. The summed E-state index contributed by atoms with van der Waals surface area (Å²) in [6.45, 7) is 1.11. The number of nitrogens with one attached hydrogen (secondary N) is 1. The van der Waals surface area contributed by atoms with Crippen LogP contribution in [0.5, 0.6) is 11.6 Å². The minimum Gasteiger partial charge on any atom is -0.489 e. The number of carbonyl (C=O) groups excluding carboxylic acids is 2. The SMILES string of the molecule is N#Cc1ccnc(NC(=O)Oc2cc(C3CC3)cc(-c3cncc(OC4CCN(C(N)=O)CC4)c3)n2)c1. The number of rotatable bonds is 6. The van der Waals surface area contributed by atoms with Crippen molar-refractivity contribution in [2.24, 2.45) is 5.73 Å². The van der Waals surface area contributed by atoms with Crippen molar-refractivity contribution in [3.8, 4) is 29.0 Å². The molecule has 0 spiro atoms. The molecule has 11 heteroatoms. The fourth-order valence-corrected chi connectivity index (χ4v) is 4.18. The number of aromatic nitrogens is 3. The molecule has 0 aromatic carbocycles. The summed E-state index contributed by atoms with van der Waals surface area (Å²) in [4.78, 5) is 38.4. The molecule has 0 unspecified atom stereocenters. The molecule has 1 aliphatic carbocycles. The lowest BCUT2D eigenvalue weighted by Gasteiger charge is -2.30. The molecule has 1 saturated heterocycles. The molecule has 3 N–H and O–H groups in total. The standard InChI is InChI=1S/C26H25N7O4/c27-13-16-3-6-30-23(9-16)32-26(35)37-24-12-18(17-1-2-17)11-22(31-24)19-10-21(15-29-14-19)36-20-4-7-33(8-5-20)25(28)34/h3,6,9-12,14-15,17,20H,1-2,4-5,7-8H2,(H2,28,34)(H,30,32,35). The number of carbonyl (C=O) groups is 2. The summed E-state index contributed by atoms with van der Waals surface area (Å²) >= 11 is 0. The Morgan fingerprint density at radius 3 is 2.65 bits per heavy atom. The minimum absolute atomic E-state index is 0.0471. The van der Waals surface area contributed by atoms with Gasteiger partial charge in [-0.05, 0) is 48.6 Å². The van der Waals surface area contributed by atoms with Crippen molar-refractivity contribution in [2.75, 3.05) is 18.4 Å². The van der Waals surface area contributed by atoms with E-state index >= 15 is 0 Å². The Kier molecular flexibility index (Phi) is 6.81. The Bertz CT molecular complexity index is 1360. The normalized spacial score (nSPS) is 15.5. The molecule has 3 amide bonds. The number of hydrogen-bond acceptors (Lipinski definition) is 8. The number of nitrogens with two attached hydrogens (primary N) is 1. The number of anilines is 1. The number of ether oxygens (including phenoxy) is 2. The van der Waals surface area contributed by atoms with Crippen molar-refractivity contribution in [1.29, 1.82) is 5.26 Å². The van der Waals surface area contributed by atoms with Crippen molar-refractivity contribution in [3.05, 3.63) is 60.0 Å². The molecule has 11 nitrogen and oxygen atoms in total. The topological polar surface area (TPSA) is 156 Å². The van der Waals surface area contributed by atoms with Gasteiger partial charge in [-0.3, -0.25) is 10.3 Å². The predicted molar refractivity (Wildman–Crippen MR) is 133 cm³/mol. The number of hydrogen-bond donors (Lipinski definition) is 2. The van der Waals surface area contributed by atoms with Gasteiger partial charge >= 0.3 is 12.1 Å². The molecule has 2 aliphatic rings. The summed E-state index contributed by atoms with van der Waals surface area (Å²) in [6.07, 6.45) is 7.44. The number of primary amides is 1. The fourth-order valence-electron chi connectivity index (χ4n) is 4.18. The summed E-state index contributed by atoms with van der Waals surface area (Å²) < 4.78 is 11.6. The Labute approximate surface area is 213 Å². The molecular weight excluding hydrogens is 474 g/mol. The lowest BCUT2D eigenvalue weighted by molar-refractivity contribution is 0.114. The third-order valence-corrected chi connectivity index (χ3v) is 6.25. The van der Waals surface area contributed by atoms with Crippen molar-refractivity contribution in [3.63, 3.8) is 0 Å². The van der Waals surface area contributed by atoms with E-state index in [4.69, 9.17) is 20.5 Å². The van der Waals surface area contributed by atoms with Crippen LogP contribution >= 0.6 is 0 Å². The van der Waals surface area contributed by atoms with E-state index in [2.05, 4.69) is 20.3 Å². The van der Waals surface area contributed by atoms with Crippen LogP contribution in [-0.4, -0.2) is 51.2 Å². The molecule has 1 aliphatic heterocycles. The molecule has 1 saturated carbocycles. The van der Waals surface area contributed by atoms with E-state index in [-0.39, 0.29) is 17.8 Å². The molecule has 0 atom stereocenters. The second-order valence-corrected chi connectivity index (χ2v) is 9.01. The summed E-state index contributed by atoms with van der Waals surface area (Å²) in [5, 5.41) is 11.6. The second kappa shape index (κ2) is 10.5. The van der Waals surface area contributed by atoms with Crippen LogP contribution in [0.25, 0.3) is 11.3 Å². The maximum atomic E-state index is 12.5. The third kappa shape index (κ3) is 6.10. The first-order valence-corrected chi connectivity index (χ1v) is 12.0. The molecule has 0 radical (unpaired) electrons. The van der Waals surface area contributed by atoms with Gasteiger partial charge in [-0.1, -0.05) is 0 Å². The van der Waals surface area contributed by atoms with Gasteiger partial charge in [0.15, 0.2) is 0 Å². The molecule has 3 aromatic heterocycles. The molecule has 4 heterocycles. The van der Waals surface area contributed by atoms with Crippen LogP contribution in [-0.2, 0) is 0 Å². The Morgan fingerprint density at radius 2 is 1.92 bits per heavy atom. The van der Waals surface area contributed by atoms with Gasteiger partial charge in [0.25, 0.3) is 0 Å². The van der Waals surface area contributed by atoms with Gasteiger partial charge in [0.05, 0.1) is 23.5 Å². The number of amides is 3. The highest BCUT2D eigenvalue weighted by molar-refractivity contribution is 5.85. The van der Waals surface area contributed by atoms with Gasteiger partial charge in [0, 0.05) is 50.0 Å². The quantitative estimate of drug-likeness (QED) is 0.518. The number of nitriles is 1. The van der Waals surface area contributed by atoms with Crippen LogP contribution in [0.1, 0.15) is 42.7 Å². The first kappa shape index (κ1) is 24.0. The Morgan fingerprint density at radius 1 is 1.11 bits per heavy atom. The van der Waals surface area contributed by atoms with Crippen molar-refractivity contribution in [1.82, 2.24) is 19.9 Å². The number of urea groups is 1. The lowest BCUT2D eigenvalue weighted by Crippen LogP contribution is -2.44. The third-order valence-electron chi connectivity index (χ3n) is 6.25. The number of piperidine rings is 1. The summed E-state index contributed by atoms with van der Waals surface area (Å²) in [5.74, 6) is 1.35. The Balaban J connectivity index is 1.31. The molecular formula is C26H25N7O4. The number of nitrogens with zero attached hydrogens (tertiary/aromatic N) is 5. The van der Waals surface area contributed by atoms with Gasteiger partial charge in [0.2, 0.25) is 5.88 Å². The van der Waals surface area contributed by atoms with E-state index in [1.54, 1.807) is 29.4 Å². The number of likely N-dealkylation sites (tertiary alicyclic amines) is 1. The summed E-state index contributed by atoms with van der Waals surface area (Å²) in [7, 11) is 0. The van der Waals surface area contributed by atoms with Gasteiger partial charge in [-0.25, -0.2) is 19.6 Å². The van der Waals surface area contributed by atoms with Crippen molar-refractivity contribution in [2.45, 2.75) is 37.7 Å². The van der Waals surface area contributed by atoms with E-state index in [0.29, 0.717) is 48.9 Å². The first-order valence-electron chi connectivity index (χ1n) is 12.0. The summed E-state index contributed by atoms with van der Waals surface area (Å²) in [5.41, 5.74) is 8.09. The smallest absolute Gasteiger partial charge is 0.419 e. The lowest BCUT2D eigenvalue weighted by atomic mass is 10.1. The van der Waals surface area contributed by atoms with Crippen LogP contribution in [0.2, 0.25) is 0 Å². The van der Waals surface area contributed by atoms with Crippen LogP contribution in [0, 0.1) is 11.3 Å². The van der Waals surface area contributed by atoms with Crippen molar-refractivity contribution < 1.29 is 19.1 Å². The zero-order chi connectivity index (χ0) is 25.8. The van der Waals surface area contributed by atoms with Crippen LogP contribution in [0.4, 0.5) is 15.4 Å². The fraction of sp³-hybridized carbons (Fsp3) is 0.308. The second-order valence-electron chi connectivity index (χ2n) is 9.01. The highest BCUT2D eigenvalue weighted by Crippen LogP contribution is 2.42. The van der Waals surface area contributed by atoms with E-state index in [1.807, 2.05) is 18.2 Å². The largest absolute Gasteiger partial charge is 0.489 e. The van der Waals surface area contributed by atoms with Crippen LogP contribution in [0.3, 0.4) is 0 Å². The van der Waals surface area contributed by atoms with Crippen LogP contribution < -0.4 is 20.5 Å². The number of pyridine rings is 3. The van der Waals surface area contributed by atoms with E-state index in [1.165, 1.54) is 12.3 Å². The predicted octanol–water partition coefficient (Wildman–Crippen LogP) is 3.82. The van der Waals surface area contributed by atoms with Gasteiger partial charge < -0.3 is 20.1 Å². The first-order chi connectivity index (χ1) is 18.0. The van der Waals surface area contributed by atoms with Gasteiger partial charge in [0.1, 0.15) is 17.7 Å². The van der Waals surface area contributed by atoms with E-state index in [9.17, 15) is 9.59 Å². The average Bonchev–Trinajstić information content (AvgIpc) is 3.75. The maximum absolute atomic E-state index is 12.5. The molecule has 188 valence electrons. The highest BCUT2D eigenvalue weighted by Gasteiger charge is 2.26. The van der Waals surface area contributed by atoms with E-state index in [0.717, 1.165) is 24.0 Å². The van der Waals surface area contributed by atoms with E-state index < -0.39 is 12.1 Å². The van der Waals surface area contributed by atoms with Crippen LogP contribution in [0.15, 0.2) is 48.9 Å². The average molecular weight is 500 g/mol. The van der Waals surface area contributed by atoms with Gasteiger partial charge in [-0.2, -0.15) is 5.26 Å². The molecule has 3 aromatic rings. The minimum atomic E-state index is -0.758.